The van der Waals surface area contributed by atoms with Crippen molar-refractivity contribution < 1.29 is 18.0 Å². The number of carbonyl (C=O) groups is 1. The maximum atomic E-state index is 12.6. The average molecular weight is 393 g/mol. The summed E-state index contributed by atoms with van der Waals surface area (Å²) >= 11 is 0. The van der Waals surface area contributed by atoms with Gasteiger partial charge in [0, 0.05) is 13.1 Å². The van der Waals surface area contributed by atoms with Crippen LogP contribution < -0.4 is 10.9 Å². The monoisotopic (exact) mass is 393 g/mol. The first-order valence-corrected chi connectivity index (χ1v) is 9.27. The number of halogens is 2. The van der Waals surface area contributed by atoms with Crippen molar-refractivity contribution in [2.24, 2.45) is 5.41 Å². The quantitative estimate of drug-likeness (QED) is 0.809. The zero-order valence-electron chi connectivity index (χ0n) is 15.4. The molecule has 150 valence electrons. The van der Waals surface area contributed by atoms with Crippen LogP contribution in [-0.4, -0.2) is 45.1 Å². The minimum Gasteiger partial charge on any atom is -0.403 e. The van der Waals surface area contributed by atoms with Gasteiger partial charge in [0.1, 0.15) is 11.6 Å². The summed E-state index contributed by atoms with van der Waals surface area (Å²) in [5.74, 6) is -0.160. The van der Waals surface area contributed by atoms with Gasteiger partial charge in [0.2, 0.25) is 5.91 Å². The van der Waals surface area contributed by atoms with Gasteiger partial charge in [-0.25, -0.2) is 8.78 Å². The molecule has 1 unspecified atom stereocenters. The predicted octanol–water partition coefficient (Wildman–Crippen LogP) is 2.57. The second-order valence-electron chi connectivity index (χ2n) is 7.56. The number of pyridine rings is 1. The minimum absolute atomic E-state index is 0.0103. The standard InChI is InChI=1S/C18H21F2N5O3/c1-10(16(27)25-8-6-18(4-5-18)7-9-25)21-17-24-23-15(28-17)11-2-3-12(13(19)20)22-14(11)26/h2-3,10,13H,4-9H2,1H3,(H,21,24)(H,22,26). The van der Waals surface area contributed by atoms with E-state index < -0.39 is 23.7 Å². The Hall–Kier alpha value is -2.78. The molecule has 1 amide bonds. The van der Waals surface area contributed by atoms with E-state index in [0.29, 0.717) is 5.41 Å². The summed E-state index contributed by atoms with van der Waals surface area (Å²) in [6.45, 7) is 3.22. The summed E-state index contributed by atoms with van der Waals surface area (Å²) < 4.78 is 30.7. The molecule has 1 spiro atoms. The summed E-state index contributed by atoms with van der Waals surface area (Å²) in [6, 6.07) is 1.71. The normalized spacial score (nSPS) is 19.1. The number of alkyl halides is 2. The van der Waals surface area contributed by atoms with Crippen LogP contribution in [0, 0.1) is 5.41 Å². The molecular formula is C18H21F2N5O3. The van der Waals surface area contributed by atoms with Crippen LogP contribution in [0.15, 0.2) is 21.3 Å². The number of nitrogens with zero attached hydrogens (tertiary/aromatic N) is 3. The van der Waals surface area contributed by atoms with Crippen LogP contribution in [-0.2, 0) is 4.79 Å². The van der Waals surface area contributed by atoms with E-state index in [-0.39, 0.29) is 23.4 Å². The largest absolute Gasteiger partial charge is 0.403 e. The Labute approximate surface area is 159 Å². The molecule has 1 saturated carbocycles. The molecule has 1 aliphatic carbocycles. The van der Waals surface area contributed by atoms with Crippen LogP contribution in [0.25, 0.3) is 11.5 Å². The highest BCUT2D eigenvalue weighted by molar-refractivity contribution is 5.83. The van der Waals surface area contributed by atoms with Gasteiger partial charge in [-0.3, -0.25) is 9.59 Å². The third-order valence-corrected chi connectivity index (χ3v) is 5.63. The van der Waals surface area contributed by atoms with E-state index in [0.717, 1.165) is 32.0 Å². The third kappa shape index (κ3) is 3.63. The zero-order valence-corrected chi connectivity index (χ0v) is 15.4. The number of hydrogen-bond acceptors (Lipinski definition) is 6. The van der Waals surface area contributed by atoms with E-state index in [4.69, 9.17) is 4.42 Å². The number of likely N-dealkylation sites (tertiary alicyclic amines) is 1. The van der Waals surface area contributed by atoms with Crippen LogP contribution in [0.3, 0.4) is 0 Å². The number of nitrogens with one attached hydrogen (secondary N) is 2. The summed E-state index contributed by atoms with van der Waals surface area (Å²) in [6.07, 6.45) is 1.86. The van der Waals surface area contributed by atoms with Crippen molar-refractivity contribution in [3.05, 3.63) is 28.2 Å². The predicted molar refractivity (Wildman–Crippen MR) is 95.9 cm³/mol. The number of amides is 1. The van der Waals surface area contributed by atoms with Crippen molar-refractivity contribution >= 4 is 11.9 Å². The zero-order chi connectivity index (χ0) is 19.9. The lowest BCUT2D eigenvalue weighted by Gasteiger charge is -2.33. The van der Waals surface area contributed by atoms with E-state index in [1.165, 1.54) is 18.9 Å². The van der Waals surface area contributed by atoms with Crippen molar-refractivity contribution in [3.8, 4) is 11.5 Å². The number of carbonyl (C=O) groups excluding carboxylic acids is 1. The smallest absolute Gasteiger partial charge is 0.316 e. The summed E-state index contributed by atoms with van der Waals surface area (Å²) in [4.78, 5) is 28.5. The fraction of sp³-hybridized carbons (Fsp3) is 0.556. The lowest BCUT2D eigenvalue weighted by atomic mass is 9.93. The molecule has 4 rings (SSSR count). The molecule has 28 heavy (non-hydrogen) atoms. The van der Waals surface area contributed by atoms with Crippen LogP contribution in [0.4, 0.5) is 14.8 Å². The highest BCUT2D eigenvalue weighted by atomic mass is 19.3. The van der Waals surface area contributed by atoms with Gasteiger partial charge in [0.25, 0.3) is 17.9 Å². The summed E-state index contributed by atoms with van der Waals surface area (Å²) in [5, 5.41) is 10.4. The van der Waals surface area contributed by atoms with E-state index in [2.05, 4.69) is 20.5 Å². The molecule has 2 aromatic heterocycles. The van der Waals surface area contributed by atoms with Gasteiger partial charge in [-0.05, 0) is 50.2 Å². The number of piperidine rings is 1. The molecule has 0 bridgehead atoms. The molecular weight excluding hydrogens is 372 g/mol. The highest BCUT2D eigenvalue weighted by Gasteiger charge is 2.45. The van der Waals surface area contributed by atoms with Crippen LogP contribution >= 0.6 is 0 Å². The molecule has 10 heteroatoms. The number of rotatable bonds is 5. The Kier molecular flexibility index (Phi) is 4.64. The molecule has 1 aliphatic heterocycles. The molecule has 2 fully saturated rings. The van der Waals surface area contributed by atoms with Crippen LogP contribution in [0.1, 0.15) is 44.7 Å². The Bertz CT molecular complexity index is 927. The first-order valence-electron chi connectivity index (χ1n) is 9.27. The molecule has 1 atom stereocenters. The number of hydrogen-bond donors (Lipinski definition) is 2. The SMILES string of the molecule is CC(Nc1nnc(-c2ccc(C(F)F)[nH]c2=O)o1)C(=O)N1CCC2(CC1)CC2. The maximum absolute atomic E-state index is 12.6. The third-order valence-electron chi connectivity index (χ3n) is 5.63. The van der Waals surface area contributed by atoms with Crippen molar-refractivity contribution in [2.45, 2.75) is 45.1 Å². The number of aromatic nitrogens is 3. The maximum Gasteiger partial charge on any atom is 0.316 e. The Morgan fingerprint density at radius 2 is 1.96 bits per heavy atom. The number of anilines is 1. The lowest BCUT2D eigenvalue weighted by molar-refractivity contribution is -0.133. The van der Waals surface area contributed by atoms with Crippen molar-refractivity contribution in [1.82, 2.24) is 20.1 Å². The topological polar surface area (TPSA) is 104 Å². The molecule has 0 aromatic carbocycles. The van der Waals surface area contributed by atoms with E-state index in [1.807, 2.05) is 4.90 Å². The molecule has 2 aliphatic rings. The fourth-order valence-corrected chi connectivity index (χ4v) is 3.57. The van der Waals surface area contributed by atoms with Gasteiger partial charge in [0.05, 0.1) is 5.69 Å². The lowest BCUT2D eigenvalue weighted by Crippen LogP contribution is -2.45. The first-order chi connectivity index (χ1) is 13.4. The molecule has 1 saturated heterocycles. The van der Waals surface area contributed by atoms with E-state index in [9.17, 15) is 18.4 Å². The van der Waals surface area contributed by atoms with Gasteiger partial charge in [-0.1, -0.05) is 5.10 Å². The first kappa shape index (κ1) is 18.6. The second kappa shape index (κ2) is 6.99. The summed E-state index contributed by atoms with van der Waals surface area (Å²) in [7, 11) is 0. The van der Waals surface area contributed by atoms with E-state index in [1.54, 1.807) is 6.92 Å². The number of aromatic amines is 1. The molecule has 2 N–H and O–H groups in total. The van der Waals surface area contributed by atoms with E-state index >= 15 is 0 Å². The van der Waals surface area contributed by atoms with Crippen molar-refractivity contribution in [2.75, 3.05) is 18.4 Å². The molecule has 8 nitrogen and oxygen atoms in total. The van der Waals surface area contributed by atoms with Crippen molar-refractivity contribution in [1.29, 1.82) is 0 Å². The molecule has 0 radical (unpaired) electrons. The van der Waals surface area contributed by atoms with Crippen LogP contribution in [0.5, 0.6) is 0 Å². The fourth-order valence-electron chi connectivity index (χ4n) is 3.57. The molecule has 2 aromatic rings. The van der Waals surface area contributed by atoms with Crippen LogP contribution in [0.2, 0.25) is 0 Å². The van der Waals surface area contributed by atoms with Crippen molar-refractivity contribution in [3.63, 3.8) is 0 Å². The Morgan fingerprint density at radius 3 is 2.57 bits per heavy atom. The Balaban J connectivity index is 1.40. The summed E-state index contributed by atoms with van der Waals surface area (Å²) in [5.41, 5.74) is -0.767. The second-order valence-corrected chi connectivity index (χ2v) is 7.56. The molecule has 3 heterocycles. The number of H-pyrrole nitrogens is 1. The van der Waals surface area contributed by atoms with Gasteiger partial charge >= 0.3 is 6.01 Å². The van der Waals surface area contributed by atoms with Gasteiger partial charge < -0.3 is 19.6 Å². The highest BCUT2D eigenvalue weighted by Crippen LogP contribution is 2.53. The van der Waals surface area contributed by atoms with Gasteiger partial charge in [-0.2, -0.15) is 0 Å². The Morgan fingerprint density at radius 1 is 1.25 bits per heavy atom. The van der Waals surface area contributed by atoms with Gasteiger partial charge in [0.15, 0.2) is 0 Å². The average Bonchev–Trinajstić information content (AvgIpc) is 3.27. The van der Waals surface area contributed by atoms with Gasteiger partial charge in [-0.15, -0.1) is 5.10 Å². The minimum atomic E-state index is -2.78.